The Labute approximate surface area is 157 Å². The second-order valence-electron chi connectivity index (χ2n) is 6.48. The third-order valence-electron chi connectivity index (χ3n) is 4.63. The van der Waals surface area contributed by atoms with Gasteiger partial charge in [0.1, 0.15) is 29.8 Å². The molecule has 1 amide bonds. The Hall–Kier alpha value is -2.71. The van der Waals surface area contributed by atoms with Crippen LogP contribution in [0.4, 0.5) is 0 Å². The summed E-state index contributed by atoms with van der Waals surface area (Å²) in [5.74, 6) is 1.28. The molecule has 2 aliphatic heterocycles. The van der Waals surface area contributed by atoms with Gasteiger partial charge in [0, 0.05) is 25.4 Å². The summed E-state index contributed by atoms with van der Waals surface area (Å²) in [4.78, 5) is 14.2. The van der Waals surface area contributed by atoms with Crippen molar-refractivity contribution in [1.82, 2.24) is 15.1 Å². The van der Waals surface area contributed by atoms with Gasteiger partial charge >= 0.3 is 0 Å². The number of rotatable bonds is 4. The van der Waals surface area contributed by atoms with E-state index in [0.717, 1.165) is 5.75 Å². The zero-order chi connectivity index (χ0) is 18.6. The maximum Gasteiger partial charge on any atom is 0.274 e. The van der Waals surface area contributed by atoms with Crippen LogP contribution in [0, 0.1) is 0 Å². The minimum Gasteiger partial charge on any atom is -0.497 e. The highest BCUT2D eigenvalue weighted by Gasteiger charge is 2.40. The number of likely N-dealkylation sites (tertiary alicyclic amines) is 1. The van der Waals surface area contributed by atoms with Crippen LogP contribution in [-0.4, -0.2) is 72.7 Å². The van der Waals surface area contributed by atoms with Gasteiger partial charge in [0.2, 0.25) is 0 Å². The van der Waals surface area contributed by atoms with Crippen molar-refractivity contribution in [2.75, 3.05) is 33.4 Å². The predicted molar refractivity (Wildman–Crippen MR) is 94.8 cm³/mol. The van der Waals surface area contributed by atoms with Crippen LogP contribution in [0.15, 0.2) is 42.6 Å². The van der Waals surface area contributed by atoms with Crippen molar-refractivity contribution in [3.05, 3.63) is 48.3 Å². The first-order chi connectivity index (χ1) is 13.2. The van der Waals surface area contributed by atoms with Crippen LogP contribution < -0.4 is 9.47 Å². The Morgan fingerprint density at radius 2 is 1.85 bits per heavy atom. The fourth-order valence-electron chi connectivity index (χ4n) is 3.25. The number of carbonyl (C=O) groups is 1. The van der Waals surface area contributed by atoms with Crippen LogP contribution in [0.5, 0.6) is 11.5 Å². The zero-order valence-electron chi connectivity index (χ0n) is 15.0. The van der Waals surface area contributed by atoms with Gasteiger partial charge in [0.25, 0.3) is 5.91 Å². The highest BCUT2D eigenvalue weighted by Crippen LogP contribution is 2.24. The lowest BCUT2D eigenvalue weighted by atomic mass is 10.3. The fourth-order valence-corrected chi connectivity index (χ4v) is 3.25. The molecule has 27 heavy (non-hydrogen) atoms. The van der Waals surface area contributed by atoms with Crippen molar-refractivity contribution >= 4 is 5.91 Å². The van der Waals surface area contributed by atoms with E-state index in [9.17, 15) is 4.79 Å². The van der Waals surface area contributed by atoms with Gasteiger partial charge in [-0.3, -0.25) is 4.79 Å². The molecular formula is C19H21N3O5. The highest BCUT2D eigenvalue weighted by molar-refractivity contribution is 5.92. The molecule has 4 rings (SSSR count). The molecule has 142 valence electrons. The summed E-state index contributed by atoms with van der Waals surface area (Å²) in [7, 11) is 1.62. The summed E-state index contributed by atoms with van der Waals surface area (Å²) in [6.07, 6.45) is 0.972. The molecule has 8 nitrogen and oxygen atoms in total. The Kier molecular flexibility index (Phi) is 5.17. The molecule has 3 heterocycles. The van der Waals surface area contributed by atoms with Crippen LogP contribution in [0.3, 0.4) is 0 Å². The SMILES string of the molecule is COc1cccc(OC2CO[C@H]3CN(C(=O)c4cccnn4)C[C@@H]3OC2)c1. The molecule has 0 spiro atoms. The van der Waals surface area contributed by atoms with Crippen molar-refractivity contribution in [2.24, 2.45) is 0 Å². The average Bonchev–Trinajstić information content (AvgIpc) is 3.04. The zero-order valence-corrected chi connectivity index (χ0v) is 15.0. The minimum atomic E-state index is -0.216. The molecule has 2 aliphatic rings. The van der Waals surface area contributed by atoms with Gasteiger partial charge in [0.05, 0.1) is 20.3 Å². The minimum absolute atomic E-state index is 0.160. The van der Waals surface area contributed by atoms with Gasteiger partial charge in [0.15, 0.2) is 5.69 Å². The number of nitrogens with zero attached hydrogens (tertiary/aromatic N) is 3. The first kappa shape index (κ1) is 17.7. The Morgan fingerprint density at radius 3 is 2.52 bits per heavy atom. The standard InChI is InChI=1S/C19H21N3O5/c1-24-13-4-2-5-14(8-13)27-15-11-25-17-9-22(10-18(17)26-12-15)19(23)16-6-3-7-20-21-16/h2-8,15,17-18H,9-12H2,1H3/t17-,18-/m0/s1. The van der Waals surface area contributed by atoms with Crippen molar-refractivity contribution in [2.45, 2.75) is 18.3 Å². The van der Waals surface area contributed by atoms with Crippen molar-refractivity contribution in [3.63, 3.8) is 0 Å². The molecular weight excluding hydrogens is 350 g/mol. The van der Waals surface area contributed by atoms with Crippen LogP contribution in [0.2, 0.25) is 0 Å². The molecule has 0 bridgehead atoms. The van der Waals surface area contributed by atoms with E-state index in [0.29, 0.717) is 37.7 Å². The van der Waals surface area contributed by atoms with Crippen LogP contribution in [0.25, 0.3) is 0 Å². The van der Waals surface area contributed by atoms with Crippen LogP contribution in [0.1, 0.15) is 10.5 Å². The molecule has 8 heteroatoms. The number of ether oxygens (including phenoxy) is 4. The number of aromatic nitrogens is 2. The average molecular weight is 371 g/mol. The van der Waals surface area contributed by atoms with Gasteiger partial charge in [-0.15, -0.1) is 5.10 Å². The maximum absolute atomic E-state index is 12.5. The molecule has 0 radical (unpaired) electrons. The third kappa shape index (κ3) is 4.01. The lowest BCUT2D eigenvalue weighted by molar-refractivity contribution is -0.00461. The molecule has 0 N–H and O–H groups in total. The van der Waals surface area contributed by atoms with Crippen LogP contribution >= 0.6 is 0 Å². The molecule has 2 fully saturated rings. The lowest BCUT2D eigenvalue weighted by Gasteiger charge is -2.19. The van der Waals surface area contributed by atoms with E-state index in [-0.39, 0.29) is 24.2 Å². The summed E-state index contributed by atoms with van der Waals surface area (Å²) < 4.78 is 23.1. The van der Waals surface area contributed by atoms with Crippen molar-refractivity contribution in [3.8, 4) is 11.5 Å². The van der Waals surface area contributed by atoms with E-state index in [4.69, 9.17) is 18.9 Å². The summed E-state index contributed by atoms with van der Waals surface area (Å²) in [5.41, 5.74) is 0.327. The molecule has 0 aliphatic carbocycles. The molecule has 2 aromatic rings. The molecule has 1 aromatic carbocycles. The summed E-state index contributed by atoms with van der Waals surface area (Å²) in [6.45, 7) is 1.72. The van der Waals surface area contributed by atoms with Gasteiger partial charge in [-0.1, -0.05) is 6.07 Å². The van der Waals surface area contributed by atoms with E-state index in [2.05, 4.69) is 10.2 Å². The van der Waals surface area contributed by atoms with Crippen molar-refractivity contribution in [1.29, 1.82) is 0 Å². The van der Waals surface area contributed by atoms with E-state index < -0.39 is 0 Å². The summed E-state index contributed by atoms with van der Waals surface area (Å²) in [6, 6.07) is 10.8. The third-order valence-corrected chi connectivity index (χ3v) is 4.63. The Bertz CT molecular complexity index is 772. The molecule has 0 saturated carbocycles. The van der Waals surface area contributed by atoms with Gasteiger partial charge in [-0.05, 0) is 24.3 Å². The smallest absolute Gasteiger partial charge is 0.274 e. The lowest BCUT2D eigenvalue weighted by Crippen LogP contribution is -2.33. The fraction of sp³-hybridized carbons (Fsp3) is 0.421. The number of amides is 1. The maximum atomic E-state index is 12.5. The number of hydrogen-bond acceptors (Lipinski definition) is 7. The van der Waals surface area contributed by atoms with Gasteiger partial charge in [-0.2, -0.15) is 5.10 Å². The first-order valence-corrected chi connectivity index (χ1v) is 8.84. The number of methoxy groups -OCH3 is 1. The van der Waals surface area contributed by atoms with Gasteiger partial charge < -0.3 is 23.8 Å². The van der Waals surface area contributed by atoms with Gasteiger partial charge in [-0.25, -0.2) is 0 Å². The molecule has 0 unspecified atom stereocenters. The van der Waals surface area contributed by atoms with Crippen LogP contribution in [-0.2, 0) is 9.47 Å². The second-order valence-corrected chi connectivity index (χ2v) is 6.48. The monoisotopic (exact) mass is 371 g/mol. The number of hydrogen-bond donors (Lipinski definition) is 0. The first-order valence-electron chi connectivity index (χ1n) is 8.84. The molecule has 1 aromatic heterocycles. The van der Waals surface area contributed by atoms with E-state index >= 15 is 0 Å². The quantitative estimate of drug-likeness (QED) is 0.798. The Morgan fingerprint density at radius 1 is 1.11 bits per heavy atom. The van der Waals surface area contributed by atoms with E-state index in [1.54, 1.807) is 30.3 Å². The number of carbonyl (C=O) groups excluding carboxylic acids is 1. The predicted octanol–water partition coefficient (Wildman–Crippen LogP) is 1.17. The highest BCUT2D eigenvalue weighted by atomic mass is 16.6. The topological polar surface area (TPSA) is 83.0 Å². The van der Waals surface area contributed by atoms with E-state index in [1.807, 2.05) is 24.3 Å². The number of benzene rings is 1. The summed E-state index contributed by atoms with van der Waals surface area (Å²) >= 11 is 0. The van der Waals surface area contributed by atoms with Crippen molar-refractivity contribution < 1.29 is 23.7 Å². The number of fused-ring (bicyclic) bond motifs is 1. The normalized spacial score (nSPS) is 22.8. The molecule has 2 saturated heterocycles. The summed E-state index contributed by atoms with van der Waals surface area (Å²) in [5, 5.41) is 7.64. The second kappa shape index (κ2) is 7.89. The molecule has 2 atom stereocenters. The van der Waals surface area contributed by atoms with E-state index in [1.165, 1.54) is 0 Å². The largest absolute Gasteiger partial charge is 0.497 e. The Balaban J connectivity index is 1.34.